The molecule has 17 heavy (non-hydrogen) atoms. The summed E-state index contributed by atoms with van der Waals surface area (Å²) < 4.78 is 5.13. The van der Waals surface area contributed by atoms with Gasteiger partial charge in [0.05, 0.1) is 17.8 Å². The van der Waals surface area contributed by atoms with E-state index in [-0.39, 0.29) is 0 Å². The Morgan fingerprint density at radius 1 is 1.41 bits per heavy atom. The first kappa shape index (κ1) is 14.1. The molecule has 3 nitrogen and oxygen atoms in total. The molecule has 0 aliphatic carbocycles. The number of ether oxygens (including phenoxy) is 1. The number of likely N-dealkylation sites (N-methyl/N-ethyl adjacent to an activating group) is 1. The van der Waals surface area contributed by atoms with E-state index in [1.807, 2.05) is 25.2 Å². The predicted octanol–water partition coefficient (Wildman–Crippen LogP) is 2.78. The molecule has 0 unspecified atom stereocenters. The normalized spacial score (nSPS) is 10.7. The van der Waals surface area contributed by atoms with Crippen LogP contribution in [0.3, 0.4) is 0 Å². The Bertz CT molecular complexity index is 355. The first-order valence-electron chi connectivity index (χ1n) is 5.82. The lowest BCUT2D eigenvalue weighted by Crippen LogP contribution is -2.32. The maximum absolute atomic E-state index is 6.20. The number of nitrogens with one attached hydrogen (secondary N) is 1. The summed E-state index contributed by atoms with van der Waals surface area (Å²) >= 11 is 6.20. The van der Waals surface area contributed by atoms with Crippen molar-refractivity contribution in [3.8, 4) is 5.75 Å². The van der Waals surface area contributed by atoms with Gasteiger partial charge in [-0.25, -0.2) is 0 Å². The monoisotopic (exact) mass is 256 g/mol. The van der Waals surface area contributed by atoms with Gasteiger partial charge in [0, 0.05) is 32.2 Å². The van der Waals surface area contributed by atoms with E-state index in [2.05, 4.69) is 24.1 Å². The van der Waals surface area contributed by atoms with Crippen molar-refractivity contribution in [2.45, 2.75) is 19.9 Å². The van der Waals surface area contributed by atoms with E-state index in [1.165, 1.54) is 0 Å². The number of nitrogens with zero attached hydrogens (tertiary/aromatic N) is 1. The predicted molar refractivity (Wildman–Crippen MR) is 74.4 cm³/mol. The van der Waals surface area contributed by atoms with Gasteiger partial charge in [-0.1, -0.05) is 25.4 Å². The zero-order chi connectivity index (χ0) is 12.8. The molecule has 4 heteroatoms. The third kappa shape index (κ3) is 4.44. The number of benzene rings is 1. The third-order valence-corrected chi connectivity index (χ3v) is 2.87. The fraction of sp³-hybridized carbons (Fsp3) is 0.538. The van der Waals surface area contributed by atoms with E-state index < -0.39 is 0 Å². The van der Waals surface area contributed by atoms with Crippen molar-refractivity contribution in [3.63, 3.8) is 0 Å². The number of hydrogen-bond donors (Lipinski definition) is 1. The van der Waals surface area contributed by atoms with E-state index in [1.54, 1.807) is 7.11 Å². The van der Waals surface area contributed by atoms with Crippen LogP contribution in [0.2, 0.25) is 5.02 Å². The van der Waals surface area contributed by atoms with Gasteiger partial charge in [0.1, 0.15) is 5.75 Å². The molecule has 1 rings (SSSR count). The average molecular weight is 257 g/mol. The molecular weight excluding hydrogens is 236 g/mol. The lowest BCUT2D eigenvalue weighted by Gasteiger charge is -2.21. The van der Waals surface area contributed by atoms with Gasteiger partial charge in [-0.05, 0) is 12.1 Å². The summed E-state index contributed by atoms with van der Waals surface area (Å²) in [4.78, 5) is 2.14. The number of anilines is 1. The summed E-state index contributed by atoms with van der Waals surface area (Å²) in [6.45, 7) is 6.14. The van der Waals surface area contributed by atoms with Crippen molar-refractivity contribution in [1.29, 1.82) is 0 Å². The highest BCUT2D eigenvalue weighted by molar-refractivity contribution is 6.33. The molecule has 0 saturated heterocycles. The lowest BCUT2D eigenvalue weighted by molar-refractivity contribution is 0.415. The average Bonchev–Trinajstić information content (AvgIpc) is 2.28. The Kier molecular flexibility index (Phi) is 5.59. The molecule has 0 aliphatic heterocycles. The van der Waals surface area contributed by atoms with Crippen LogP contribution in [-0.4, -0.2) is 33.3 Å². The van der Waals surface area contributed by atoms with Crippen molar-refractivity contribution in [3.05, 3.63) is 23.2 Å². The van der Waals surface area contributed by atoms with Gasteiger partial charge in [0.15, 0.2) is 0 Å². The van der Waals surface area contributed by atoms with Gasteiger partial charge in [-0.2, -0.15) is 0 Å². The molecule has 0 radical (unpaired) electrons. The minimum atomic E-state index is 0.509. The van der Waals surface area contributed by atoms with Crippen LogP contribution >= 0.6 is 11.6 Å². The van der Waals surface area contributed by atoms with Gasteiger partial charge < -0.3 is 15.0 Å². The minimum absolute atomic E-state index is 0.509. The van der Waals surface area contributed by atoms with E-state index >= 15 is 0 Å². The fourth-order valence-corrected chi connectivity index (χ4v) is 1.88. The molecule has 0 atom stereocenters. The highest BCUT2D eigenvalue weighted by Crippen LogP contribution is 2.28. The van der Waals surface area contributed by atoms with Gasteiger partial charge in [0.25, 0.3) is 0 Å². The fourth-order valence-electron chi connectivity index (χ4n) is 1.57. The van der Waals surface area contributed by atoms with Crippen LogP contribution in [0.4, 0.5) is 5.69 Å². The highest BCUT2D eigenvalue weighted by Gasteiger charge is 2.07. The summed E-state index contributed by atoms with van der Waals surface area (Å²) in [6, 6.07) is 6.25. The molecule has 96 valence electrons. The number of methoxy groups -OCH3 is 1. The topological polar surface area (TPSA) is 24.5 Å². The van der Waals surface area contributed by atoms with Crippen LogP contribution in [-0.2, 0) is 0 Å². The van der Waals surface area contributed by atoms with Gasteiger partial charge >= 0.3 is 0 Å². The smallest absolute Gasteiger partial charge is 0.120 e. The van der Waals surface area contributed by atoms with Crippen molar-refractivity contribution in [2.75, 3.05) is 32.1 Å². The molecule has 1 aromatic carbocycles. The van der Waals surface area contributed by atoms with Crippen molar-refractivity contribution >= 4 is 17.3 Å². The zero-order valence-electron chi connectivity index (χ0n) is 11.0. The maximum Gasteiger partial charge on any atom is 0.120 e. The van der Waals surface area contributed by atoms with E-state index in [9.17, 15) is 0 Å². The number of hydrogen-bond acceptors (Lipinski definition) is 3. The maximum atomic E-state index is 6.20. The van der Waals surface area contributed by atoms with E-state index in [4.69, 9.17) is 16.3 Å². The lowest BCUT2D eigenvalue weighted by atomic mass is 10.2. The molecule has 0 bridgehead atoms. The quantitative estimate of drug-likeness (QED) is 0.847. The summed E-state index contributed by atoms with van der Waals surface area (Å²) in [7, 11) is 3.68. The van der Waals surface area contributed by atoms with Gasteiger partial charge in [-0.15, -0.1) is 0 Å². The second kappa shape index (κ2) is 6.72. The van der Waals surface area contributed by atoms with E-state index in [0.717, 1.165) is 29.5 Å². The molecule has 0 aliphatic rings. The number of rotatable bonds is 6. The molecule has 0 heterocycles. The first-order valence-corrected chi connectivity index (χ1v) is 6.20. The van der Waals surface area contributed by atoms with Gasteiger partial charge in [0.2, 0.25) is 0 Å². The zero-order valence-corrected chi connectivity index (χ0v) is 11.7. The van der Waals surface area contributed by atoms with Crippen LogP contribution in [0.15, 0.2) is 18.2 Å². The van der Waals surface area contributed by atoms with Crippen molar-refractivity contribution in [1.82, 2.24) is 5.32 Å². The second-order valence-corrected chi connectivity index (χ2v) is 4.75. The minimum Gasteiger partial charge on any atom is -0.497 e. The Morgan fingerprint density at radius 3 is 2.65 bits per heavy atom. The summed E-state index contributed by atoms with van der Waals surface area (Å²) in [6.07, 6.45) is 0. The van der Waals surface area contributed by atoms with Crippen LogP contribution in [0.1, 0.15) is 13.8 Å². The number of halogens is 1. The van der Waals surface area contributed by atoms with E-state index in [0.29, 0.717) is 6.04 Å². The summed E-state index contributed by atoms with van der Waals surface area (Å²) in [5.41, 5.74) is 1.03. The van der Waals surface area contributed by atoms with Gasteiger partial charge in [-0.3, -0.25) is 0 Å². The highest BCUT2D eigenvalue weighted by atomic mass is 35.5. The Morgan fingerprint density at radius 2 is 2.12 bits per heavy atom. The molecule has 0 spiro atoms. The molecule has 0 amide bonds. The molecule has 0 fully saturated rings. The standard InChI is InChI=1S/C13H21ClN2O/c1-10(2)15-7-8-16(3)13-6-5-11(17-4)9-12(13)14/h5-6,9-10,15H,7-8H2,1-4H3. The Hall–Kier alpha value is -0.930. The summed E-state index contributed by atoms with van der Waals surface area (Å²) in [5.74, 6) is 0.785. The van der Waals surface area contributed by atoms with Crippen molar-refractivity contribution in [2.24, 2.45) is 0 Å². The first-order chi connectivity index (χ1) is 8.04. The molecule has 1 N–H and O–H groups in total. The molecular formula is C13H21ClN2O. The Labute approximate surface area is 109 Å². The van der Waals surface area contributed by atoms with Crippen LogP contribution in [0, 0.1) is 0 Å². The SMILES string of the molecule is COc1ccc(N(C)CCNC(C)C)c(Cl)c1. The second-order valence-electron chi connectivity index (χ2n) is 4.35. The van der Waals surface area contributed by atoms with Crippen LogP contribution in [0.25, 0.3) is 0 Å². The molecule has 0 saturated carbocycles. The Balaban J connectivity index is 2.59. The molecule has 1 aromatic rings. The van der Waals surface area contributed by atoms with Crippen molar-refractivity contribution < 1.29 is 4.74 Å². The largest absolute Gasteiger partial charge is 0.497 e. The van der Waals surface area contributed by atoms with Crippen LogP contribution in [0.5, 0.6) is 5.75 Å². The summed E-state index contributed by atoms with van der Waals surface area (Å²) in [5, 5.41) is 4.10. The molecule has 0 aromatic heterocycles. The van der Waals surface area contributed by atoms with Crippen LogP contribution < -0.4 is 15.0 Å². The third-order valence-electron chi connectivity index (χ3n) is 2.57.